The van der Waals surface area contributed by atoms with Crippen LogP contribution in [0.2, 0.25) is 0 Å². The molecule has 0 spiro atoms. The molecule has 2 atom stereocenters. The first kappa shape index (κ1) is 8.98. The van der Waals surface area contributed by atoms with Crippen molar-refractivity contribution in [2.75, 3.05) is 13.1 Å². The number of hydrogen-bond acceptors (Lipinski definition) is 3. The summed E-state index contributed by atoms with van der Waals surface area (Å²) in [5, 5.41) is 22.6. The summed E-state index contributed by atoms with van der Waals surface area (Å²) in [6, 6.07) is 2.29. The van der Waals surface area contributed by atoms with Gasteiger partial charge in [-0.3, -0.25) is 0 Å². The number of nitrogens with zero attached hydrogens (tertiary/aromatic N) is 1. The van der Waals surface area contributed by atoms with Crippen molar-refractivity contribution in [2.24, 2.45) is 11.3 Å². The van der Waals surface area contributed by atoms with Gasteiger partial charge in [-0.25, -0.2) is 0 Å². The first-order valence-corrected chi connectivity index (χ1v) is 4.97. The van der Waals surface area contributed by atoms with Gasteiger partial charge in [0.1, 0.15) is 0 Å². The molecule has 0 amide bonds. The van der Waals surface area contributed by atoms with Gasteiger partial charge >= 0.3 is 0 Å². The first-order chi connectivity index (χ1) is 6.12. The summed E-state index contributed by atoms with van der Waals surface area (Å²) in [6.07, 6.45) is 2.73. The fourth-order valence-electron chi connectivity index (χ4n) is 2.38. The van der Waals surface area contributed by atoms with Crippen molar-refractivity contribution in [2.45, 2.75) is 31.8 Å². The van der Waals surface area contributed by atoms with Gasteiger partial charge in [-0.05, 0) is 32.7 Å². The van der Waals surface area contributed by atoms with E-state index in [0.717, 1.165) is 32.4 Å². The Morgan fingerprint density at radius 3 is 2.69 bits per heavy atom. The molecule has 1 saturated carbocycles. The summed E-state index contributed by atoms with van der Waals surface area (Å²) < 4.78 is 0. The van der Waals surface area contributed by atoms with E-state index in [9.17, 15) is 5.11 Å². The Morgan fingerprint density at radius 2 is 2.31 bits per heavy atom. The number of rotatable bonds is 2. The Balaban J connectivity index is 2.15. The van der Waals surface area contributed by atoms with Crippen molar-refractivity contribution >= 4 is 0 Å². The summed E-state index contributed by atoms with van der Waals surface area (Å²) in [7, 11) is 0. The highest BCUT2D eigenvalue weighted by Gasteiger charge is 2.60. The SMILES string of the molecule is CC(O)(C1CCNC1)C1(C#N)CC1. The standard InChI is InChI=1S/C10H16N2O/c1-9(13,8-2-5-12-6-8)10(7-11)3-4-10/h8,12-13H,2-6H2,1H3. The van der Waals surface area contributed by atoms with Gasteiger partial charge in [0.05, 0.1) is 17.1 Å². The van der Waals surface area contributed by atoms with Crippen molar-refractivity contribution in [1.29, 1.82) is 5.26 Å². The quantitative estimate of drug-likeness (QED) is 0.656. The lowest BCUT2D eigenvalue weighted by molar-refractivity contribution is -0.0395. The summed E-state index contributed by atoms with van der Waals surface area (Å²) in [5.41, 5.74) is -1.21. The van der Waals surface area contributed by atoms with Gasteiger partial charge in [0.15, 0.2) is 0 Å². The highest BCUT2D eigenvalue weighted by molar-refractivity contribution is 5.21. The Bertz CT molecular complexity index is 244. The highest BCUT2D eigenvalue weighted by Crippen LogP contribution is 2.56. The molecule has 0 radical (unpaired) electrons. The maximum Gasteiger partial charge on any atom is 0.0861 e. The molecule has 1 aliphatic carbocycles. The predicted octanol–water partition coefficient (Wildman–Crippen LogP) is 0.651. The minimum Gasteiger partial charge on any atom is -0.388 e. The van der Waals surface area contributed by atoms with Crippen molar-refractivity contribution in [3.8, 4) is 6.07 Å². The molecule has 72 valence electrons. The van der Waals surface area contributed by atoms with Gasteiger partial charge in [0.25, 0.3) is 0 Å². The van der Waals surface area contributed by atoms with E-state index in [0.29, 0.717) is 0 Å². The molecular weight excluding hydrogens is 164 g/mol. The molecule has 3 heteroatoms. The minimum absolute atomic E-state index is 0.259. The maximum absolute atomic E-state index is 10.3. The first-order valence-electron chi connectivity index (χ1n) is 4.97. The van der Waals surface area contributed by atoms with Gasteiger partial charge in [-0.2, -0.15) is 5.26 Å². The predicted molar refractivity (Wildman–Crippen MR) is 48.9 cm³/mol. The third-order valence-electron chi connectivity index (χ3n) is 3.79. The molecule has 2 N–H and O–H groups in total. The largest absolute Gasteiger partial charge is 0.388 e. The molecule has 1 heterocycles. The van der Waals surface area contributed by atoms with Gasteiger partial charge in [-0.15, -0.1) is 0 Å². The number of nitrogens with one attached hydrogen (secondary N) is 1. The lowest BCUT2D eigenvalue weighted by Gasteiger charge is -2.34. The Labute approximate surface area is 78.7 Å². The van der Waals surface area contributed by atoms with Crippen LogP contribution in [-0.2, 0) is 0 Å². The molecule has 13 heavy (non-hydrogen) atoms. The Kier molecular flexibility index (Phi) is 1.86. The van der Waals surface area contributed by atoms with Gasteiger partial charge in [-0.1, -0.05) is 0 Å². The maximum atomic E-state index is 10.3. The van der Waals surface area contributed by atoms with Crippen LogP contribution in [0.1, 0.15) is 26.2 Å². The second kappa shape index (κ2) is 2.70. The molecule has 0 aromatic carbocycles. The topological polar surface area (TPSA) is 56.0 Å². The van der Waals surface area contributed by atoms with Crippen LogP contribution in [-0.4, -0.2) is 23.8 Å². The zero-order valence-corrected chi connectivity index (χ0v) is 8.01. The average molecular weight is 180 g/mol. The number of aliphatic hydroxyl groups is 1. The highest BCUT2D eigenvalue weighted by atomic mass is 16.3. The van der Waals surface area contributed by atoms with Gasteiger partial charge in [0.2, 0.25) is 0 Å². The van der Waals surface area contributed by atoms with Crippen LogP contribution in [0, 0.1) is 22.7 Å². The van der Waals surface area contributed by atoms with Crippen molar-refractivity contribution < 1.29 is 5.11 Å². The van der Waals surface area contributed by atoms with Crippen molar-refractivity contribution in [3.63, 3.8) is 0 Å². The second-order valence-electron chi connectivity index (χ2n) is 4.53. The minimum atomic E-state index is -0.786. The van der Waals surface area contributed by atoms with Crippen LogP contribution in [0.15, 0.2) is 0 Å². The van der Waals surface area contributed by atoms with E-state index in [1.807, 2.05) is 6.92 Å². The van der Waals surface area contributed by atoms with Crippen LogP contribution in [0.25, 0.3) is 0 Å². The molecular formula is C10H16N2O. The van der Waals surface area contributed by atoms with Crippen LogP contribution >= 0.6 is 0 Å². The number of hydrogen-bond donors (Lipinski definition) is 2. The summed E-state index contributed by atoms with van der Waals surface area (Å²) >= 11 is 0. The molecule has 0 aromatic rings. The van der Waals surface area contributed by atoms with Crippen molar-refractivity contribution in [3.05, 3.63) is 0 Å². The second-order valence-corrected chi connectivity index (χ2v) is 4.53. The summed E-state index contributed by atoms with van der Waals surface area (Å²) in [5.74, 6) is 0.259. The monoisotopic (exact) mass is 180 g/mol. The Hall–Kier alpha value is -0.590. The molecule has 1 saturated heterocycles. The van der Waals surface area contributed by atoms with Crippen LogP contribution in [0.4, 0.5) is 0 Å². The fraction of sp³-hybridized carbons (Fsp3) is 0.900. The van der Waals surface area contributed by atoms with E-state index in [1.54, 1.807) is 0 Å². The summed E-state index contributed by atoms with van der Waals surface area (Å²) in [4.78, 5) is 0. The van der Waals surface area contributed by atoms with E-state index in [-0.39, 0.29) is 5.92 Å². The number of nitriles is 1. The zero-order valence-electron chi connectivity index (χ0n) is 8.01. The third-order valence-corrected chi connectivity index (χ3v) is 3.79. The van der Waals surface area contributed by atoms with Gasteiger partial charge in [0, 0.05) is 12.5 Å². The zero-order chi connectivity index (χ0) is 9.53. The molecule has 2 fully saturated rings. The lowest BCUT2D eigenvalue weighted by Crippen LogP contribution is -2.44. The normalized spacial score (nSPS) is 35.0. The molecule has 2 unspecified atom stereocenters. The van der Waals surface area contributed by atoms with E-state index in [4.69, 9.17) is 5.26 Å². The van der Waals surface area contributed by atoms with E-state index < -0.39 is 11.0 Å². The molecule has 0 bridgehead atoms. The third kappa shape index (κ3) is 1.17. The Morgan fingerprint density at radius 1 is 1.62 bits per heavy atom. The van der Waals surface area contributed by atoms with E-state index >= 15 is 0 Å². The van der Waals surface area contributed by atoms with E-state index in [2.05, 4.69) is 11.4 Å². The molecule has 1 aliphatic heterocycles. The van der Waals surface area contributed by atoms with Crippen LogP contribution < -0.4 is 5.32 Å². The smallest absolute Gasteiger partial charge is 0.0861 e. The summed E-state index contributed by atoms with van der Waals surface area (Å²) in [6.45, 7) is 3.67. The lowest BCUT2D eigenvalue weighted by atomic mass is 9.76. The molecule has 2 aliphatic rings. The fourth-order valence-corrected chi connectivity index (χ4v) is 2.38. The van der Waals surface area contributed by atoms with Crippen LogP contribution in [0.3, 0.4) is 0 Å². The van der Waals surface area contributed by atoms with Gasteiger partial charge < -0.3 is 10.4 Å². The molecule has 0 aromatic heterocycles. The molecule has 3 nitrogen and oxygen atoms in total. The molecule has 2 rings (SSSR count). The average Bonchev–Trinajstić information content (AvgIpc) is 2.72. The van der Waals surface area contributed by atoms with Crippen LogP contribution in [0.5, 0.6) is 0 Å². The van der Waals surface area contributed by atoms with E-state index in [1.165, 1.54) is 0 Å². The van der Waals surface area contributed by atoms with Crippen molar-refractivity contribution in [1.82, 2.24) is 5.32 Å².